The van der Waals surface area contributed by atoms with Gasteiger partial charge < -0.3 is 10.0 Å². The van der Waals surface area contributed by atoms with Gasteiger partial charge in [0, 0.05) is 43.0 Å². The highest BCUT2D eigenvalue weighted by molar-refractivity contribution is 5.70. The van der Waals surface area contributed by atoms with Crippen LogP contribution in [-0.2, 0) is 7.05 Å². The summed E-state index contributed by atoms with van der Waals surface area (Å²) in [5, 5.41) is 14.8. The number of anilines is 1. The first-order valence-corrected chi connectivity index (χ1v) is 11.1. The van der Waals surface area contributed by atoms with Crippen LogP contribution in [0.25, 0.3) is 11.1 Å². The fourth-order valence-corrected chi connectivity index (χ4v) is 4.72. The Hall–Kier alpha value is -1.81. The molecule has 2 aromatic rings. The second-order valence-corrected chi connectivity index (χ2v) is 8.44. The molecule has 0 saturated heterocycles. The molecular formula is C24H37N3O. The van der Waals surface area contributed by atoms with Crippen LogP contribution in [0.15, 0.2) is 30.6 Å². The van der Waals surface area contributed by atoms with Gasteiger partial charge in [0.25, 0.3) is 0 Å². The van der Waals surface area contributed by atoms with Gasteiger partial charge in [-0.15, -0.1) is 0 Å². The molecule has 3 rings (SSSR count). The van der Waals surface area contributed by atoms with Gasteiger partial charge in [-0.25, -0.2) is 0 Å². The average Bonchev–Trinajstić information content (AvgIpc) is 3.12. The van der Waals surface area contributed by atoms with Crippen LogP contribution in [0.1, 0.15) is 77.2 Å². The van der Waals surface area contributed by atoms with Crippen molar-refractivity contribution in [1.82, 2.24) is 9.78 Å². The van der Waals surface area contributed by atoms with Gasteiger partial charge in [-0.1, -0.05) is 45.6 Å². The fraction of sp³-hybridized carbons (Fsp3) is 0.625. The molecule has 2 heterocycles. The van der Waals surface area contributed by atoms with E-state index in [4.69, 9.17) is 0 Å². The quantitative estimate of drug-likeness (QED) is 0.580. The molecule has 0 aliphatic carbocycles. The summed E-state index contributed by atoms with van der Waals surface area (Å²) < 4.78 is 1.85. The summed E-state index contributed by atoms with van der Waals surface area (Å²) >= 11 is 0. The highest BCUT2D eigenvalue weighted by Crippen LogP contribution is 2.41. The van der Waals surface area contributed by atoms with Crippen LogP contribution in [0.2, 0.25) is 0 Å². The van der Waals surface area contributed by atoms with E-state index in [-0.39, 0.29) is 12.0 Å². The second kappa shape index (κ2) is 9.60. The van der Waals surface area contributed by atoms with Gasteiger partial charge in [-0.2, -0.15) is 5.10 Å². The van der Waals surface area contributed by atoms with E-state index in [0.29, 0.717) is 6.04 Å². The third-order valence-corrected chi connectivity index (χ3v) is 6.24. The van der Waals surface area contributed by atoms with Gasteiger partial charge in [0.15, 0.2) is 0 Å². The van der Waals surface area contributed by atoms with Crippen molar-refractivity contribution in [1.29, 1.82) is 0 Å². The Kier molecular flexibility index (Phi) is 7.17. The van der Waals surface area contributed by atoms with Crippen LogP contribution in [0.5, 0.6) is 0 Å². The van der Waals surface area contributed by atoms with Gasteiger partial charge in [-0.05, 0) is 49.4 Å². The molecule has 1 N–H and O–H groups in total. The molecule has 154 valence electrons. The molecule has 0 radical (unpaired) electrons. The Morgan fingerprint density at radius 3 is 2.61 bits per heavy atom. The van der Waals surface area contributed by atoms with Crippen LogP contribution in [0.4, 0.5) is 5.69 Å². The van der Waals surface area contributed by atoms with E-state index in [2.05, 4.69) is 48.2 Å². The summed E-state index contributed by atoms with van der Waals surface area (Å²) in [5.41, 5.74) is 4.97. The Labute approximate surface area is 170 Å². The van der Waals surface area contributed by atoms with Crippen LogP contribution in [0, 0.1) is 0 Å². The minimum atomic E-state index is -0.324. The lowest BCUT2D eigenvalue weighted by molar-refractivity contribution is 0.155. The number of nitrogens with zero attached hydrogens (tertiary/aromatic N) is 3. The molecule has 4 heteroatoms. The van der Waals surface area contributed by atoms with Crippen molar-refractivity contribution in [3.05, 3.63) is 36.2 Å². The summed E-state index contributed by atoms with van der Waals surface area (Å²) in [4.78, 5) is 2.64. The van der Waals surface area contributed by atoms with Crippen molar-refractivity contribution in [2.45, 2.75) is 83.8 Å². The molecule has 4 nitrogen and oxygen atoms in total. The van der Waals surface area contributed by atoms with Gasteiger partial charge >= 0.3 is 0 Å². The van der Waals surface area contributed by atoms with E-state index in [1.807, 2.05) is 24.9 Å². The van der Waals surface area contributed by atoms with E-state index in [0.717, 1.165) is 18.5 Å². The van der Waals surface area contributed by atoms with E-state index in [1.165, 1.54) is 55.3 Å². The zero-order valence-corrected chi connectivity index (χ0v) is 18.1. The number of benzene rings is 1. The third-order valence-electron chi connectivity index (χ3n) is 6.24. The molecule has 1 aliphatic heterocycles. The number of fused-ring (bicyclic) bond motifs is 1. The minimum absolute atomic E-state index is 0.209. The SMILES string of the molecule is CCCCCC(CCC)N1CCC(C(C)O)c2cc(-c3cnn(C)c3)ccc21. The van der Waals surface area contributed by atoms with Crippen molar-refractivity contribution < 1.29 is 5.11 Å². The molecule has 0 amide bonds. The molecule has 1 aliphatic rings. The predicted octanol–water partition coefficient (Wildman–Crippen LogP) is 5.51. The number of aliphatic hydroxyl groups excluding tert-OH is 1. The first-order chi connectivity index (χ1) is 13.5. The number of aryl methyl sites for hydroxylation is 1. The average molecular weight is 384 g/mol. The molecule has 0 bridgehead atoms. The molecule has 3 unspecified atom stereocenters. The van der Waals surface area contributed by atoms with E-state index < -0.39 is 0 Å². The van der Waals surface area contributed by atoms with Crippen molar-refractivity contribution in [2.24, 2.45) is 7.05 Å². The highest BCUT2D eigenvalue weighted by atomic mass is 16.3. The highest BCUT2D eigenvalue weighted by Gasteiger charge is 2.31. The van der Waals surface area contributed by atoms with Gasteiger partial charge in [0.2, 0.25) is 0 Å². The maximum Gasteiger partial charge on any atom is 0.0582 e. The summed E-state index contributed by atoms with van der Waals surface area (Å²) in [7, 11) is 1.95. The summed E-state index contributed by atoms with van der Waals surface area (Å²) in [6.07, 6.45) is 12.3. The predicted molar refractivity (Wildman–Crippen MR) is 118 cm³/mol. The summed E-state index contributed by atoms with van der Waals surface area (Å²) in [6.45, 7) is 7.55. The van der Waals surface area contributed by atoms with Crippen molar-refractivity contribution >= 4 is 5.69 Å². The van der Waals surface area contributed by atoms with E-state index in [1.54, 1.807) is 0 Å². The van der Waals surface area contributed by atoms with Crippen molar-refractivity contribution in [3.8, 4) is 11.1 Å². The van der Waals surface area contributed by atoms with Crippen LogP contribution in [0.3, 0.4) is 0 Å². The number of hydrogen-bond acceptors (Lipinski definition) is 3. The van der Waals surface area contributed by atoms with Gasteiger partial charge in [0.05, 0.1) is 12.3 Å². The normalized spacial score (nSPS) is 18.8. The molecule has 1 aromatic carbocycles. The minimum Gasteiger partial charge on any atom is -0.393 e. The van der Waals surface area contributed by atoms with Crippen LogP contribution < -0.4 is 4.90 Å². The monoisotopic (exact) mass is 383 g/mol. The lowest BCUT2D eigenvalue weighted by Crippen LogP contribution is -2.41. The van der Waals surface area contributed by atoms with E-state index >= 15 is 0 Å². The summed E-state index contributed by atoms with van der Waals surface area (Å²) in [5.74, 6) is 0.209. The fourth-order valence-electron chi connectivity index (χ4n) is 4.72. The molecular weight excluding hydrogens is 346 g/mol. The third kappa shape index (κ3) is 4.60. The Morgan fingerprint density at radius 1 is 1.14 bits per heavy atom. The number of hydrogen-bond donors (Lipinski definition) is 1. The largest absolute Gasteiger partial charge is 0.393 e. The number of aliphatic hydroxyl groups is 1. The second-order valence-electron chi connectivity index (χ2n) is 8.44. The van der Waals surface area contributed by atoms with Crippen molar-refractivity contribution in [3.63, 3.8) is 0 Å². The number of aromatic nitrogens is 2. The number of unbranched alkanes of at least 4 members (excludes halogenated alkanes) is 2. The lowest BCUT2D eigenvalue weighted by Gasteiger charge is -2.42. The molecule has 1 aromatic heterocycles. The molecule has 3 atom stereocenters. The Bertz CT molecular complexity index is 752. The van der Waals surface area contributed by atoms with Crippen molar-refractivity contribution in [2.75, 3.05) is 11.4 Å². The zero-order valence-electron chi connectivity index (χ0n) is 18.1. The van der Waals surface area contributed by atoms with E-state index in [9.17, 15) is 5.11 Å². The Balaban J connectivity index is 1.94. The maximum atomic E-state index is 10.5. The number of rotatable bonds is 9. The van der Waals surface area contributed by atoms with Crippen LogP contribution in [-0.4, -0.2) is 33.6 Å². The molecule has 0 spiro atoms. The first-order valence-electron chi connectivity index (χ1n) is 11.1. The van der Waals surface area contributed by atoms with Gasteiger partial charge in [0.1, 0.15) is 0 Å². The topological polar surface area (TPSA) is 41.3 Å². The smallest absolute Gasteiger partial charge is 0.0582 e. The van der Waals surface area contributed by atoms with Gasteiger partial charge in [-0.3, -0.25) is 4.68 Å². The lowest BCUT2D eigenvalue weighted by atomic mass is 9.83. The van der Waals surface area contributed by atoms with Crippen LogP contribution >= 0.6 is 0 Å². The Morgan fingerprint density at radius 2 is 1.96 bits per heavy atom. The standard InChI is InChI=1S/C24H37N3O/c1-5-7-8-10-21(9-6-2)27-14-13-22(18(3)28)23-15-19(11-12-24(23)27)20-16-25-26(4)17-20/h11-12,15-18,21-22,28H,5-10,13-14H2,1-4H3. The first kappa shape index (κ1) is 20.9. The maximum absolute atomic E-state index is 10.5. The molecule has 0 fully saturated rings. The summed E-state index contributed by atoms with van der Waals surface area (Å²) in [6, 6.07) is 7.41. The zero-order chi connectivity index (χ0) is 20.1. The molecule has 28 heavy (non-hydrogen) atoms. The molecule has 0 saturated carbocycles.